The summed E-state index contributed by atoms with van der Waals surface area (Å²) < 4.78 is 9.86. The van der Waals surface area contributed by atoms with Crippen molar-refractivity contribution in [3.05, 3.63) is 336 Å². The summed E-state index contributed by atoms with van der Waals surface area (Å²) in [5, 5.41) is 10.2. The molecule has 0 radical (unpaired) electrons. The van der Waals surface area contributed by atoms with Gasteiger partial charge in [-0.05, 0) is 317 Å². The molecule has 6 heteroatoms. The van der Waals surface area contributed by atoms with Crippen LogP contribution in [0, 0.1) is 0 Å². The zero-order valence-electron chi connectivity index (χ0n) is 76.4. The zero-order chi connectivity index (χ0) is 86.2. The lowest BCUT2D eigenvalue weighted by Crippen LogP contribution is -2.11. The van der Waals surface area contributed by atoms with Gasteiger partial charge in [-0.2, -0.15) is 0 Å². The van der Waals surface area contributed by atoms with Crippen LogP contribution in [-0.2, 0) is 43.3 Å². The smallest absolute Gasteiger partial charge is 0.0541 e. The van der Waals surface area contributed by atoms with Gasteiger partial charge in [0.15, 0.2) is 0 Å². The van der Waals surface area contributed by atoms with E-state index in [0.717, 1.165) is 68.0 Å². The second-order valence-electron chi connectivity index (χ2n) is 43.0. The van der Waals surface area contributed by atoms with Crippen molar-refractivity contribution in [3.63, 3.8) is 0 Å². The van der Waals surface area contributed by atoms with E-state index >= 15 is 0 Å². The molecule has 0 N–H and O–H groups in total. The van der Waals surface area contributed by atoms with Crippen molar-refractivity contribution in [2.45, 2.75) is 209 Å². The highest BCUT2D eigenvalue weighted by Gasteiger charge is 2.29. The van der Waals surface area contributed by atoms with E-state index in [-0.39, 0.29) is 43.3 Å². The Bertz CT molecular complexity index is 6010. The van der Waals surface area contributed by atoms with Crippen molar-refractivity contribution in [2.75, 3.05) is 9.80 Å². The highest BCUT2D eigenvalue weighted by molar-refractivity contribution is 6.13. The maximum absolute atomic E-state index is 2.47. The monoisotopic (exact) mass is 1600 g/mol. The maximum Gasteiger partial charge on any atom is 0.0541 e. The lowest BCUT2D eigenvalue weighted by Gasteiger charge is -2.27. The fourth-order valence-electron chi connectivity index (χ4n) is 18.4. The molecule has 0 spiro atoms. The first-order valence-corrected chi connectivity index (χ1v) is 44.1. The number of anilines is 6. The van der Waals surface area contributed by atoms with E-state index in [0.29, 0.717) is 0 Å². The summed E-state index contributed by atoms with van der Waals surface area (Å²) in [5.41, 5.74) is 33.3. The molecule has 0 aliphatic heterocycles. The van der Waals surface area contributed by atoms with Gasteiger partial charge in [0.05, 0.1) is 44.1 Å². The lowest BCUT2D eigenvalue weighted by molar-refractivity contribution is 0.590. The first kappa shape index (κ1) is 80.9. The highest BCUT2D eigenvalue weighted by Crippen LogP contribution is 2.48. The summed E-state index contributed by atoms with van der Waals surface area (Å²) in [6, 6.07) is 112. The van der Waals surface area contributed by atoms with Gasteiger partial charge in [-0.1, -0.05) is 239 Å². The number of hydrogen-bond donors (Lipinski definition) is 0. The van der Waals surface area contributed by atoms with Crippen molar-refractivity contribution in [1.29, 1.82) is 0 Å². The molecule has 0 amide bonds. The minimum atomic E-state index is -0.00216. The van der Waals surface area contributed by atoms with E-state index in [9.17, 15) is 0 Å². The van der Waals surface area contributed by atoms with E-state index in [1.54, 1.807) is 0 Å². The molecule has 0 unspecified atom stereocenters. The fourth-order valence-corrected chi connectivity index (χ4v) is 18.4. The molecule has 0 aliphatic carbocycles. The molecule has 0 saturated carbocycles. The van der Waals surface area contributed by atoms with Gasteiger partial charge in [0.1, 0.15) is 0 Å². The average Bonchev–Trinajstić information content (AvgIpc) is 1.59. The molecule has 18 aromatic rings. The molecule has 4 heterocycles. The van der Waals surface area contributed by atoms with Gasteiger partial charge < -0.3 is 28.1 Å². The Balaban J connectivity index is 0.741. The van der Waals surface area contributed by atoms with E-state index in [1.807, 2.05) is 0 Å². The number of rotatable bonds is 11. The second kappa shape index (κ2) is 28.8. The van der Waals surface area contributed by atoms with Gasteiger partial charge in [-0.25, -0.2) is 0 Å². The summed E-state index contributed by atoms with van der Waals surface area (Å²) in [6.45, 7) is 55.5. The van der Waals surface area contributed by atoms with Crippen molar-refractivity contribution < 1.29 is 0 Å². The van der Waals surface area contributed by atoms with Gasteiger partial charge >= 0.3 is 0 Å². The van der Waals surface area contributed by atoms with Crippen LogP contribution in [0.5, 0.6) is 0 Å². The minimum Gasteiger partial charge on any atom is -0.311 e. The topological polar surface area (TPSA) is 26.2 Å². The second-order valence-corrected chi connectivity index (χ2v) is 43.0. The largest absolute Gasteiger partial charge is 0.311 e. The third-order valence-corrected chi connectivity index (χ3v) is 26.0. The molecule has 0 bridgehead atoms. The van der Waals surface area contributed by atoms with Crippen LogP contribution in [0.2, 0.25) is 0 Å². The molecule has 4 aromatic heterocycles. The molecule has 614 valence electrons. The maximum atomic E-state index is 2.47. The third kappa shape index (κ3) is 14.5. The van der Waals surface area contributed by atoms with E-state index in [1.165, 1.54) is 132 Å². The molecule has 0 aliphatic rings. The highest BCUT2D eigenvalue weighted by atomic mass is 15.2. The summed E-state index contributed by atoms with van der Waals surface area (Å²) >= 11 is 0. The Morgan fingerprint density at radius 3 is 0.393 bits per heavy atom. The van der Waals surface area contributed by atoms with Crippen molar-refractivity contribution in [1.82, 2.24) is 18.3 Å². The Labute approximate surface area is 723 Å². The molecule has 0 saturated heterocycles. The molecule has 0 fully saturated rings. The van der Waals surface area contributed by atoms with Crippen molar-refractivity contribution >= 4 is 121 Å². The Morgan fingerprint density at radius 2 is 0.270 bits per heavy atom. The number of hydrogen-bond acceptors (Lipinski definition) is 2. The lowest BCUT2D eigenvalue weighted by atomic mass is 9.85. The third-order valence-electron chi connectivity index (χ3n) is 26.0. The van der Waals surface area contributed by atoms with E-state index in [2.05, 4.69) is 485 Å². The average molecular weight is 1600 g/mol. The zero-order valence-corrected chi connectivity index (χ0v) is 76.4. The van der Waals surface area contributed by atoms with Crippen LogP contribution in [0.4, 0.5) is 34.1 Å². The number of aromatic nitrogens is 4. The fraction of sp³-hybridized carbons (Fsp3) is 0.276. The standard InChI is InChI=1S/C116H120N6/c1-109(2,3)75-29-57-101-93(65-75)94-66-76(110(4,5)6)30-58-102(94)119(101)89-49-41-85(42-50-89)117(86-43-51-90(52-44-86)120-103-59-31-77(111(7,8)9)67-95(103)96-68-78(112(10,11)12)32-60-104(96)120)83-37-25-73(26-38-83)74-27-39-84(40-28-74)118(87-45-53-91(54-46-87)121-105-61-33-79(113(13,14)15)69-97(105)98-70-80(114(16,17)18)34-62-106(98)121)88-47-55-92(56-48-88)122-107-63-35-81(115(19,20)21)71-99(107)100-72-82(116(22,23)24)36-64-108(100)122/h25-72H,1-24H3. The number of benzene rings is 14. The van der Waals surface area contributed by atoms with Crippen LogP contribution < -0.4 is 9.80 Å². The van der Waals surface area contributed by atoms with Crippen molar-refractivity contribution in [3.8, 4) is 33.9 Å². The van der Waals surface area contributed by atoms with Crippen LogP contribution in [0.1, 0.15) is 211 Å². The SMILES string of the molecule is CC(C)(C)c1ccc2c(c1)c1cc(C(C)(C)C)ccc1n2-c1ccc(N(c2ccc(-c3ccc(N(c4ccc(-n5c6ccc(C(C)(C)C)cc6c6cc(C(C)(C)C)ccc65)cc4)c4ccc(-n5c6ccc(C(C)(C)C)cc6c6cc(C(C)(C)C)ccc65)cc4)cc3)cc2)c2ccc(-n3c4ccc(C(C)(C)C)cc4c4cc(C(C)(C)C)ccc43)cc2)cc1. The summed E-state index contributed by atoms with van der Waals surface area (Å²) in [4.78, 5) is 4.84. The van der Waals surface area contributed by atoms with Gasteiger partial charge in [0.25, 0.3) is 0 Å². The van der Waals surface area contributed by atoms with Gasteiger partial charge in [0, 0.05) is 100.0 Å². The first-order chi connectivity index (χ1) is 57.5. The number of nitrogens with zero attached hydrogens (tertiary/aromatic N) is 6. The van der Waals surface area contributed by atoms with Gasteiger partial charge in [0.2, 0.25) is 0 Å². The number of fused-ring (bicyclic) bond motifs is 12. The minimum absolute atomic E-state index is 0.00216. The Morgan fingerprint density at radius 1 is 0.148 bits per heavy atom. The van der Waals surface area contributed by atoms with Crippen molar-refractivity contribution in [2.24, 2.45) is 0 Å². The molecule has 0 atom stereocenters. The van der Waals surface area contributed by atoms with Crippen LogP contribution in [-0.4, -0.2) is 18.3 Å². The molecule has 18 rings (SSSR count). The molecule has 122 heavy (non-hydrogen) atoms. The first-order valence-electron chi connectivity index (χ1n) is 44.1. The van der Waals surface area contributed by atoms with Gasteiger partial charge in [-0.15, -0.1) is 0 Å². The summed E-state index contributed by atoms with van der Waals surface area (Å²) in [5.74, 6) is 0. The molecule has 14 aromatic carbocycles. The van der Waals surface area contributed by atoms with Gasteiger partial charge in [-0.3, -0.25) is 0 Å². The van der Waals surface area contributed by atoms with E-state index < -0.39 is 0 Å². The summed E-state index contributed by atoms with van der Waals surface area (Å²) in [6.07, 6.45) is 0. The van der Waals surface area contributed by atoms with Crippen LogP contribution in [0.15, 0.2) is 291 Å². The predicted molar refractivity (Wildman–Crippen MR) is 528 cm³/mol. The molecular formula is C116H120N6. The summed E-state index contributed by atoms with van der Waals surface area (Å²) in [7, 11) is 0. The van der Waals surface area contributed by atoms with E-state index in [4.69, 9.17) is 0 Å². The van der Waals surface area contributed by atoms with Crippen LogP contribution in [0.25, 0.3) is 121 Å². The molecular weight excluding hydrogens is 1480 g/mol. The van der Waals surface area contributed by atoms with Crippen LogP contribution >= 0.6 is 0 Å². The normalized spacial score (nSPS) is 13.1. The quantitative estimate of drug-likeness (QED) is 0.129. The Kier molecular flexibility index (Phi) is 19.1. The predicted octanol–water partition coefficient (Wildman–Crippen LogP) is 33.1. The van der Waals surface area contributed by atoms with Crippen LogP contribution in [0.3, 0.4) is 0 Å². The molecule has 6 nitrogen and oxygen atoms in total. The Hall–Kier alpha value is -12.1.